The maximum atomic E-state index is 9.69. The van der Waals surface area contributed by atoms with E-state index in [1.807, 2.05) is 44.2 Å². The number of aryl methyl sites for hydroxylation is 3. The van der Waals surface area contributed by atoms with Crippen molar-refractivity contribution in [3.8, 4) is 5.75 Å². The second-order valence-corrected chi connectivity index (χ2v) is 5.70. The van der Waals surface area contributed by atoms with Crippen molar-refractivity contribution in [1.82, 2.24) is 0 Å². The molecule has 0 aromatic heterocycles. The van der Waals surface area contributed by atoms with Gasteiger partial charge in [0.2, 0.25) is 0 Å². The summed E-state index contributed by atoms with van der Waals surface area (Å²) in [6, 6.07) is 13.7. The average Bonchev–Trinajstić information content (AvgIpc) is 2.46. The van der Waals surface area contributed by atoms with Crippen LogP contribution in [0.2, 0.25) is 0 Å². The van der Waals surface area contributed by atoms with Crippen LogP contribution in [-0.2, 0) is 5.54 Å². The SMILES string of the molecule is Cc1cc(C)c(OCC(N)(CO)c2ccccc2)c(C)c1. The molecule has 0 fully saturated rings. The van der Waals surface area contributed by atoms with Crippen LogP contribution in [0.4, 0.5) is 0 Å². The van der Waals surface area contributed by atoms with Gasteiger partial charge < -0.3 is 15.6 Å². The fourth-order valence-electron chi connectivity index (χ4n) is 2.59. The highest BCUT2D eigenvalue weighted by Gasteiger charge is 2.28. The van der Waals surface area contributed by atoms with Gasteiger partial charge in [-0.3, -0.25) is 0 Å². The summed E-state index contributed by atoms with van der Waals surface area (Å²) in [5.41, 5.74) is 9.67. The molecule has 0 spiro atoms. The van der Waals surface area contributed by atoms with Gasteiger partial charge in [0.15, 0.2) is 0 Å². The van der Waals surface area contributed by atoms with Crippen molar-refractivity contribution in [2.45, 2.75) is 26.3 Å². The molecule has 0 saturated carbocycles. The first-order valence-corrected chi connectivity index (χ1v) is 7.12. The summed E-state index contributed by atoms with van der Waals surface area (Å²) in [6.45, 7) is 6.18. The van der Waals surface area contributed by atoms with E-state index in [1.54, 1.807) is 0 Å². The van der Waals surface area contributed by atoms with E-state index in [9.17, 15) is 5.11 Å². The van der Waals surface area contributed by atoms with Gasteiger partial charge >= 0.3 is 0 Å². The minimum absolute atomic E-state index is 0.166. The molecule has 0 amide bonds. The summed E-state index contributed by atoms with van der Waals surface area (Å²) < 4.78 is 5.95. The van der Waals surface area contributed by atoms with Gasteiger partial charge in [-0.2, -0.15) is 0 Å². The van der Waals surface area contributed by atoms with E-state index < -0.39 is 5.54 Å². The van der Waals surface area contributed by atoms with Crippen molar-refractivity contribution in [2.75, 3.05) is 13.2 Å². The van der Waals surface area contributed by atoms with Crippen LogP contribution in [0.25, 0.3) is 0 Å². The summed E-state index contributed by atoms with van der Waals surface area (Å²) >= 11 is 0. The lowest BCUT2D eigenvalue weighted by atomic mass is 9.93. The predicted octanol–water partition coefficient (Wildman–Crippen LogP) is 2.84. The highest BCUT2D eigenvalue weighted by molar-refractivity contribution is 5.43. The van der Waals surface area contributed by atoms with Gasteiger partial charge in [0, 0.05) is 0 Å². The Kier molecular flexibility index (Phi) is 4.66. The first-order chi connectivity index (χ1) is 9.96. The van der Waals surface area contributed by atoms with Gasteiger partial charge in [-0.25, -0.2) is 0 Å². The molecule has 3 heteroatoms. The number of aliphatic hydroxyl groups excluding tert-OH is 1. The van der Waals surface area contributed by atoms with E-state index in [2.05, 4.69) is 19.1 Å². The summed E-state index contributed by atoms with van der Waals surface area (Å²) in [5, 5.41) is 9.69. The monoisotopic (exact) mass is 285 g/mol. The standard InChI is InChI=1S/C18H23NO2/c1-13-9-14(2)17(15(3)10-13)21-12-18(19,11-20)16-7-5-4-6-8-16/h4-10,20H,11-12,19H2,1-3H3. The average molecular weight is 285 g/mol. The third-order valence-corrected chi connectivity index (χ3v) is 3.71. The Bertz CT molecular complexity index is 587. The van der Waals surface area contributed by atoms with Crippen molar-refractivity contribution in [3.05, 3.63) is 64.7 Å². The third-order valence-electron chi connectivity index (χ3n) is 3.71. The lowest BCUT2D eigenvalue weighted by Crippen LogP contribution is -2.46. The number of ether oxygens (including phenoxy) is 1. The Morgan fingerprint density at radius 2 is 1.62 bits per heavy atom. The number of hydrogen-bond acceptors (Lipinski definition) is 3. The first kappa shape index (κ1) is 15.5. The highest BCUT2D eigenvalue weighted by Crippen LogP contribution is 2.27. The van der Waals surface area contributed by atoms with Crippen LogP contribution in [-0.4, -0.2) is 18.3 Å². The van der Waals surface area contributed by atoms with Crippen LogP contribution in [0, 0.1) is 20.8 Å². The zero-order valence-corrected chi connectivity index (χ0v) is 12.9. The van der Waals surface area contributed by atoms with E-state index in [1.165, 1.54) is 5.56 Å². The normalized spacial score (nSPS) is 13.8. The quantitative estimate of drug-likeness (QED) is 0.888. The van der Waals surface area contributed by atoms with Crippen LogP contribution >= 0.6 is 0 Å². The van der Waals surface area contributed by atoms with Crippen LogP contribution in [0.1, 0.15) is 22.3 Å². The first-order valence-electron chi connectivity index (χ1n) is 7.12. The summed E-state index contributed by atoms with van der Waals surface area (Å²) in [5.74, 6) is 0.847. The largest absolute Gasteiger partial charge is 0.491 e. The van der Waals surface area contributed by atoms with Crippen LogP contribution < -0.4 is 10.5 Å². The number of nitrogens with two attached hydrogens (primary N) is 1. The van der Waals surface area contributed by atoms with E-state index in [0.29, 0.717) is 0 Å². The van der Waals surface area contributed by atoms with Crippen molar-refractivity contribution >= 4 is 0 Å². The van der Waals surface area contributed by atoms with Gasteiger partial charge in [0.05, 0.1) is 12.1 Å². The van der Waals surface area contributed by atoms with Gasteiger partial charge in [-0.05, 0) is 37.5 Å². The van der Waals surface area contributed by atoms with Crippen LogP contribution in [0.5, 0.6) is 5.75 Å². The minimum Gasteiger partial charge on any atom is -0.491 e. The maximum absolute atomic E-state index is 9.69. The molecule has 3 nitrogen and oxygen atoms in total. The van der Waals surface area contributed by atoms with Crippen LogP contribution in [0.15, 0.2) is 42.5 Å². The van der Waals surface area contributed by atoms with Crippen molar-refractivity contribution in [3.63, 3.8) is 0 Å². The molecule has 112 valence electrons. The molecule has 0 aliphatic carbocycles. The minimum atomic E-state index is -0.898. The Balaban J connectivity index is 2.22. The zero-order valence-electron chi connectivity index (χ0n) is 12.9. The molecule has 2 aromatic rings. The molecule has 1 atom stereocenters. The molecule has 21 heavy (non-hydrogen) atoms. The molecule has 0 aliphatic rings. The molecule has 2 rings (SSSR count). The number of aliphatic hydroxyl groups is 1. The topological polar surface area (TPSA) is 55.5 Å². The van der Waals surface area contributed by atoms with Gasteiger partial charge in [-0.1, -0.05) is 48.0 Å². The van der Waals surface area contributed by atoms with E-state index in [0.717, 1.165) is 22.4 Å². The Morgan fingerprint density at radius 3 is 2.14 bits per heavy atom. The van der Waals surface area contributed by atoms with Gasteiger partial charge in [0.25, 0.3) is 0 Å². The van der Waals surface area contributed by atoms with Gasteiger partial charge in [0.1, 0.15) is 12.4 Å². The van der Waals surface area contributed by atoms with Crippen molar-refractivity contribution in [1.29, 1.82) is 0 Å². The second kappa shape index (κ2) is 6.29. The zero-order chi connectivity index (χ0) is 15.5. The number of hydrogen-bond donors (Lipinski definition) is 2. The molecule has 0 radical (unpaired) electrons. The summed E-state index contributed by atoms with van der Waals surface area (Å²) in [7, 11) is 0. The lowest BCUT2D eigenvalue weighted by Gasteiger charge is -2.28. The molecule has 0 saturated heterocycles. The Labute approximate surface area is 126 Å². The van der Waals surface area contributed by atoms with E-state index >= 15 is 0 Å². The van der Waals surface area contributed by atoms with E-state index in [-0.39, 0.29) is 13.2 Å². The van der Waals surface area contributed by atoms with Crippen LogP contribution in [0.3, 0.4) is 0 Å². The molecule has 2 aromatic carbocycles. The summed E-state index contributed by atoms with van der Waals surface area (Å²) in [6.07, 6.45) is 0. The molecule has 1 unspecified atom stereocenters. The van der Waals surface area contributed by atoms with Crippen molar-refractivity contribution in [2.24, 2.45) is 5.73 Å². The molecule has 0 heterocycles. The molecular formula is C18H23NO2. The van der Waals surface area contributed by atoms with Crippen molar-refractivity contribution < 1.29 is 9.84 Å². The third kappa shape index (κ3) is 3.43. The molecular weight excluding hydrogens is 262 g/mol. The predicted molar refractivity (Wildman–Crippen MR) is 85.5 cm³/mol. The fourth-order valence-corrected chi connectivity index (χ4v) is 2.59. The fraction of sp³-hybridized carbons (Fsp3) is 0.333. The molecule has 0 bridgehead atoms. The number of benzene rings is 2. The van der Waals surface area contributed by atoms with Gasteiger partial charge in [-0.15, -0.1) is 0 Å². The lowest BCUT2D eigenvalue weighted by molar-refractivity contribution is 0.132. The number of rotatable bonds is 5. The summed E-state index contributed by atoms with van der Waals surface area (Å²) in [4.78, 5) is 0. The maximum Gasteiger partial charge on any atom is 0.125 e. The Hall–Kier alpha value is -1.84. The van der Waals surface area contributed by atoms with E-state index in [4.69, 9.17) is 10.5 Å². The second-order valence-electron chi connectivity index (χ2n) is 5.70. The highest BCUT2D eigenvalue weighted by atomic mass is 16.5. The Morgan fingerprint density at radius 1 is 1.05 bits per heavy atom. The molecule has 0 aliphatic heterocycles. The smallest absolute Gasteiger partial charge is 0.125 e. The molecule has 3 N–H and O–H groups in total.